The van der Waals surface area contributed by atoms with Crippen molar-refractivity contribution in [1.82, 2.24) is 19.9 Å². The molecule has 0 aliphatic carbocycles. The van der Waals surface area contributed by atoms with Gasteiger partial charge in [-0.25, -0.2) is 8.42 Å². The Morgan fingerprint density at radius 3 is 1.06 bits per heavy atom. The number of aliphatic hydroxyl groups excluding tert-OH is 2. The molecule has 2 N–H and O–H groups in total. The van der Waals surface area contributed by atoms with Crippen LogP contribution in [0.5, 0.6) is 0 Å². The predicted octanol–water partition coefficient (Wildman–Crippen LogP) is 15.0. The van der Waals surface area contributed by atoms with E-state index < -0.39 is 14.9 Å². The maximum absolute atomic E-state index is 10.1. The van der Waals surface area contributed by atoms with Crippen LogP contribution < -0.4 is 0 Å². The van der Waals surface area contributed by atoms with Crippen molar-refractivity contribution in [2.24, 2.45) is 0 Å². The first-order valence-electron chi connectivity index (χ1n) is 25.5. The third-order valence-electron chi connectivity index (χ3n) is 11.5. The van der Waals surface area contributed by atoms with Crippen molar-refractivity contribution >= 4 is 10.1 Å². The molecule has 10 rings (SSSR count). The summed E-state index contributed by atoms with van der Waals surface area (Å²) in [5.41, 5.74) is 17.9. The van der Waals surface area contributed by atoms with Crippen LogP contribution in [-0.2, 0) is 63.2 Å². The van der Waals surface area contributed by atoms with Gasteiger partial charge < -0.3 is 29.7 Å². The average molecular weight is 1440 g/mol. The molecule has 0 aliphatic rings. The van der Waals surface area contributed by atoms with Crippen LogP contribution in [0, 0.1) is 32.0 Å². The SMILES string of the molecule is CC(C)(C)S(=O)(=O)[O-].CCc1cc(-c2[c-]cccc2)ncc1-c1ccccc1.CCc1cc(-c2ccccc2)ncc1-c1ccccc1.CO.CO.Cc1cccc(-c2[c-]cccc2)n1.Cc1cccc(-c2[c-]cccc2)n1.[Ir].[Ir]. The molecule has 0 amide bonds. The van der Waals surface area contributed by atoms with Crippen LogP contribution in [0.3, 0.4) is 0 Å². The van der Waals surface area contributed by atoms with E-state index in [0.29, 0.717) is 0 Å². The van der Waals surface area contributed by atoms with Crippen LogP contribution >= 0.6 is 0 Å². The first-order valence-corrected chi connectivity index (χ1v) is 26.9. The summed E-state index contributed by atoms with van der Waals surface area (Å²) in [6, 6.07) is 80.8. The van der Waals surface area contributed by atoms with Gasteiger partial charge in [-0.15, -0.1) is 108 Å². The van der Waals surface area contributed by atoms with Crippen molar-refractivity contribution in [1.29, 1.82) is 0 Å². The van der Waals surface area contributed by atoms with Gasteiger partial charge in [-0.2, -0.15) is 0 Å². The third-order valence-corrected chi connectivity index (χ3v) is 13.0. The molecule has 2 radical (unpaired) electrons. The monoisotopic (exact) mass is 1440 g/mol. The summed E-state index contributed by atoms with van der Waals surface area (Å²) in [6.07, 6.45) is 5.97. The minimum atomic E-state index is -4.09. The molecule has 0 saturated carbocycles. The van der Waals surface area contributed by atoms with Crippen molar-refractivity contribution in [3.8, 4) is 67.3 Å². The number of aromatic nitrogens is 4. The molecule has 0 atom stereocenters. The van der Waals surface area contributed by atoms with Crippen molar-refractivity contribution in [3.63, 3.8) is 0 Å². The van der Waals surface area contributed by atoms with E-state index in [4.69, 9.17) is 10.2 Å². The van der Waals surface area contributed by atoms with E-state index in [0.717, 1.165) is 77.9 Å². The molecule has 0 aliphatic heterocycles. The largest absolute Gasteiger partial charge is 0.748 e. The summed E-state index contributed by atoms with van der Waals surface area (Å²) in [5, 5.41) is 14.0. The van der Waals surface area contributed by atoms with Crippen molar-refractivity contribution in [2.45, 2.75) is 66.1 Å². The first-order chi connectivity index (χ1) is 37.7. The third kappa shape index (κ3) is 22.7. The van der Waals surface area contributed by atoms with E-state index in [1.54, 1.807) is 0 Å². The second-order valence-corrected chi connectivity index (χ2v) is 20.1. The molecule has 10 aromatic rings. The molecule has 0 spiro atoms. The Labute approximate surface area is 502 Å². The number of benzene rings is 6. The van der Waals surface area contributed by atoms with Gasteiger partial charge >= 0.3 is 0 Å². The van der Waals surface area contributed by atoms with Gasteiger partial charge in [-0.1, -0.05) is 135 Å². The fourth-order valence-corrected chi connectivity index (χ4v) is 7.29. The molecular weight excluding hydrogens is 1370 g/mol. The van der Waals surface area contributed by atoms with E-state index in [2.05, 4.69) is 125 Å². The number of aryl methyl sites for hydroxylation is 4. The molecular formula is C68H70Ir2N4O5S-4. The molecule has 0 bridgehead atoms. The Kier molecular flexibility index (Phi) is 32.0. The average Bonchev–Trinajstić information content (AvgIpc) is 3.50. The summed E-state index contributed by atoms with van der Waals surface area (Å²) in [7, 11) is -2.09. The van der Waals surface area contributed by atoms with Crippen molar-refractivity contribution in [2.75, 3.05) is 14.2 Å². The van der Waals surface area contributed by atoms with Gasteiger partial charge in [0.1, 0.15) is 0 Å². The van der Waals surface area contributed by atoms with Crippen molar-refractivity contribution < 1.29 is 63.4 Å². The zero-order valence-corrected chi connectivity index (χ0v) is 52.4. The molecule has 0 unspecified atom stereocenters. The quantitative estimate of drug-likeness (QED) is 0.112. The maximum Gasteiger partial charge on any atom is 0.0996 e. The Balaban J connectivity index is 0.000000344. The molecule has 6 aromatic carbocycles. The summed E-state index contributed by atoms with van der Waals surface area (Å²) >= 11 is 0. The van der Waals surface area contributed by atoms with Gasteiger partial charge in [-0.05, 0) is 105 Å². The van der Waals surface area contributed by atoms with E-state index in [-0.39, 0.29) is 40.2 Å². The van der Waals surface area contributed by atoms with Crippen LogP contribution in [0.1, 0.15) is 57.1 Å². The van der Waals surface area contributed by atoms with Gasteiger partial charge in [0, 0.05) is 94.9 Å². The second-order valence-electron chi connectivity index (χ2n) is 18.0. The molecule has 420 valence electrons. The second kappa shape index (κ2) is 37.1. The summed E-state index contributed by atoms with van der Waals surface area (Å²) in [6.45, 7) is 12.5. The maximum atomic E-state index is 10.1. The Bertz CT molecular complexity index is 3170. The fraction of sp³-hybridized carbons (Fsp3) is 0.176. The smallest absolute Gasteiger partial charge is 0.0996 e. The van der Waals surface area contributed by atoms with Gasteiger partial charge in [0.05, 0.1) is 20.6 Å². The molecule has 12 heteroatoms. The minimum Gasteiger partial charge on any atom is -0.748 e. The standard InChI is InChI=1S/C19H17N.C19H16N.2C12H10N.C4H10O3S.2CH4O.2Ir/c2*1-2-15-13-19(17-11-7-4-8-12-17)20-14-18(15)16-9-5-3-6-10-16;2*1-10-6-5-9-12(13-10)11-7-3-2-4-8-11;1-4(2,3)8(5,6)7;2*1-2;;/h3-14H,2H2,1H3;3-11,13-14H,2H2,1H3;2*2-7,9H,1H3;1-3H3,(H,5,6,7);2*2H,1H3;;/q;3*-1;;;;;/p-1. The summed E-state index contributed by atoms with van der Waals surface area (Å²) < 4.78 is 29.1. The first kappa shape index (κ1) is 69.2. The van der Waals surface area contributed by atoms with Crippen LogP contribution in [0.2, 0.25) is 0 Å². The van der Waals surface area contributed by atoms with Crippen molar-refractivity contribution in [3.05, 3.63) is 265 Å². The summed E-state index contributed by atoms with van der Waals surface area (Å²) in [5.74, 6) is 0. The molecule has 4 heterocycles. The number of aliphatic hydroxyl groups is 2. The Hall–Kier alpha value is -6.95. The van der Waals surface area contributed by atoms with Crippen LogP contribution in [0.25, 0.3) is 67.3 Å². The zero-order valence-electron chi connectivity index (χ0n) is 46.8. The van der Waals surface area contributed by atoms with Gasteiger partial charge in [0.25, 0.3) is 0 Å². The van der Waals surface area contributed by atoms with E-state index in [1.165, 1.54) is 59.7 Å². The molecule has 80 heavy (non-hydrogen) atoms. The fourth-order valence-electron chi connectivity index (χ4n) is 7.29. The minimum absolute atomic E-state index is 0. The van der Waals surface area contributed by atoms with Crippen LogP contribution in [-0.4, -0.2) is 62.1 Å². The topological polar surface area (TPSA) is 149 Å². The summed E-state index contributed by atoms with van der Waals surface area (Å²) in [4.78, 5) is 18.1. The molecule has 9 nitrogen and oxygen atoms in total. The number of rotatable bonds is 8. The number of nitrogens with zero attached hydrogens (tertiary/aromatic N) is 4. The normalized spacial score (nSPS) is 10.0. The molecule has 0 fully saturated rings. The van der Waals surface area contributed by atoms with Crippen LogP contribution in [0.15, 0.2) is 225 Å². The number of pyridine rings is 4. The Morgan fingerprint density at radius 2 is 0.750 bits per heavy atom. The van der Waals surface area contributed by atoms with E-state index >= 15 is 0 Å². The van der Waals surface area contributed by atoms with Crippen LogP contribution in [0.4, 0.5) is 0 Å². The predicted molar refractivity (Wildman–Crippen MR) is 320 cm³/mol. The van der Waals surface area contributed by atoms with Gasteiger partial charge in [0.2, 0.25) is 0 Å². The molecule has 0 saturated heterocycles. The van der Waals surface area contributed by atoms with Gasteiger partial charge in [0.15, 0.2) is 0 Å². The number of hydrogen-bond acceptors (Lipinski definition) is 9. The zero-order chi connectivity index (χ0) is 56.8. The number of hydrogen-bond donors (Lipinski definition) is 2. The van der Waals surface area contributed by atoms with Gasteiger partial charge in [-0.3, -0.25) is 4.98 Å². The molecule has 4 aromatic heterocycles. The Morgan fingerprint density at radius 1 is 0.438 bits per heavy atom. The van der Waals surface area contributed by atoms with E-state index in [9.17, 15) is 13.0 Å². The van der Waals surface area contributed by atoms with E-state index in [1.807, 2.05) is 166 Å².